The van der Waals surface area contributed by atoms with Gasteiger partial charge in [-0.2, -0.15) is 0 Å². The molecule has 7 heteroatoms. The maximum absolute atomic E-state index is 13.5. The van der Waals surface area contributed by atoms with Gasteiger partial charge in [-0.15, -0.1) is 24.8 Å². The predicted octanol–water partition coefficient (Wildman–Crippen LogP) is 3.77. The lowest BCUT2D eigenvalue weighted by atomic mass is 9.79. The summed E-state index contributed by atoms with van der Waals surface area (Å²) in [5.74, 6) is 0.0712. The molecule has 2 aliphatic heterocycles. The fraction of sp³-hybridized carbons (Fsp3) is 0.458. The summed E-state index contributed by atoms with van der Waals surface area (Å²) in [6.45, 7) is 4.14. The topological polar surface area (TPSA) is 53.6 Å². The smallest absolute Gasteiger partial charge is 0.247 e. The summed E-state index contributed by atoms with van der Waals surface area (Å²) >= 11 is 0. The van der Waals surface area contributed by atoms with E-state index >= 15 is 0 Å². The Morgan fingerprint density at radius 3 is 2.48 bits per heavy atom. The predicted molar refractivity (Wildman–Crippen MR) is 131 cm³/mol. The number of benzene rings is 2. The number of nitrogens with zero attached hydrogens (tertiary/aromatic N) is 1. The number of carbonyl (C=O) groups excluding carboxylic acids is 1. The number of anilines is 1. The standard InChI is InChI=1S/C24H31N3O2.2ClH/c1-29-18-24(12-14-25-15-13-24)17-26-23(28)22(20-8-3-2-4-9-20)27-16-11-19-7-5-6-10-21(19)27;;/h2-10,22,25H,11-18H2,1H3,(H,26,28);2*1H. The van der Waals surface area contributed by atoms with Crippen molar-refractivity contribution < 1.29 is 9.53 Å². The highest BCUT2D eigenvalue weighted by molar-refractivity contribution is 5.87. The number of carbonyl (C=O) groups is 1. The van der Waals surface area contributed by atoms with Crippen LogP contribution in [0.1, 0.15) is 30.0 Å². The minimum Gasteiger partial charge on any atom is -0.384 e. The third-order valence-corrected chi connectivity index (χ3v) is 6.35. The van der Waals surface area contributed by atoms with Crippen LogP contribution in [0.2, 0.25) is 0 Å². The summed E-state index contributed by atoms with van der Waals surface area (Å²) in [5, 5.41) is 6.71. The summed E-state index contributed by atoms with van der Waals surface area (Å²) in [6.07, 6.45) is 3.01. The lowest BCUT2D eigenvalue weighted by Crippen LogP contribution is -2.49. The van der Waals surface area contributed by atoms with Crippen molar-refractivity contribution in [3.05, 3.63) is 65.7 Å². The number of rotatable bonds is 7. The Morgan fingerprint density at radius 1 is 1.10 bits per heavy atom. The molecule has 2 aliphatic rings. The maximum atomic E-state index is 13.5. The molecule has 5 nitrogen and oxygen atoms in total. The van der Waals surface area contributed by atoms with E-state index in [0.29, 0.717) is 13.2 Å². The molecule has 31 heavy (non-hydrogen) atoms. The lowest BCUT2D eigenvalue weighted by molar-refractivity contribution is -0.123. The van der Waals surface area contributed by atoms with Crippen LogP contribution in [-0.4, -0.2) is 45.8 Å². The van der Waals surface area contributed by atoms with E-state index in [1.165, 1.54) is 11.3 Å². The Bertz CT molecular complexity index is 823. The second-order valence-electron chi connectivity index (χ2n) is 8.29. The molecule has 1 saturated heterocycles. The van der Waals surface area contributed by atoms with E-state index in [0.717, 1.165) is 44.5 Å². The molecule has 2 aromatic rings. The molecule has 4 rings (SSSR count). The highest BCUT2D eigenvalue weighted by Crippen LogP contribution is 2.35. The quantitative estimate of drug-likeness (QED) is 0.653. The van der Waals surface area contributed by atoms with Gasteiger partial charge in [-0.25, -0.2) is 0 Å². The molecule has 0 spiro atoms. The van der Waals surface area contributed by atoms with Crippen molar-refractivity contribution in [1.82, 2.24) is 10.6 Å². The Morgan fingerprint density at radius 2 is 1.77 bits per heavy atom. The molecule has 1 fully saturated rings. The van der Waals surface area contributed by atoms with E-state index in [-0.39, 0.29) is 42.2 Å². The summed E-state index contributed by atoms with van der Waals surface area (Å²) in [5.41, 5.74) is 3.54. The van der Waals surface area contributed by atoms with Crippen LogP contribution in [0.15, 0.2) is 54.6 Å². The Hall–Kier alpha value is -1.79. The van der Waals surface area contributed by atoms with Gasteiger partial charge in [0.15, 0.2) is 0 Å². The molecule has 0 bridgehead atoms. The van der Waals surface area contributed by atoms with Crippen LogP contribution in [0.25, 0.3) is 0 Å². The van der Waals surface area contributed by atoms with Gasteiger partial charge in [0.1, 0.15) is 6.04 Å². The van der Waals surface area contributed by atoms with Gasteiger partial charge < -0.3 is 20.3 Å². The van der Waals surface area contributed by atoms with Crippen LogP contribution in [-0.2, 0) is 16.0 Å². The first-order valence-electron chi connectivity index (χ1n) is 10.6. The fourth-order valence-corrected chi connectivity index (χ4v) is 4.75. The van der Waals surface area contributed by atoms with Gasteiger partial charge >= 0.3 is 0 Å². The van der Waals surface area contributed by atoms with Gasteiger partial charge in [0, 0.05) is 31.3 Å². The van der Waals surface area contributed by atoms with Gasteiger partial charge in [-0.1, -0.05) is 48.5 Å². The fourth-order valence-electron chi connectivity index (χ4n) is 4.75. The zero-order valence-corrected chi connectivity index (χ0v) is 19.6. The average molecular weight is 466 g/mol. The zero-order valence-electron chi connectivity index (χ0n) is 18.0. The third kappa shape index (κ3) is 5.72. The molecule has 0 aliphatic carbocycles. The third-order valence-electron chi connectivity index (χ3n) is 6.35. The first-order valence-corrected chi connectivity index (χ1v) is 10.6. The number of amides is 1. The van der Waals surface area contributed by atoms with E-state index in [1.54, 1.807) is 7.11 Å². The molecular formula is C24H33Cl2N3O2. The minimum absolute atomic E-state index is 0. The van der Waals surface area contributed by atoms with Crippen LogP contribution in [0.4, 0.5) is 5.69 Å². The first kappa shape index (κ1) is 25.5. The Kier molecular flexibility index (Phi) is 9.63. The molecule has 0 aromatic heterocycles. The van der Waals surface area contributed by atoms with Gasteiger partial charge in [0.25, 0.3) is 0 Å². The number of hydrogen-bond donors (Lipinski definition) is 2. The number of methoxy groups -OCH3 is 1. The monoisotopic (exact) mass is 465 g/mol. The molecule has 0 radical (unpaired) electrons. The highest BCUT2D eigenvalue weighted by atomic mass is 35.5. The van der Waals surface area contributed by atoms with Gasteiger partial charge in [-0.3, -0.25) is 4.79 Å². The number of para-hydroxylation sites is 1. The average Bonchev–Trinajstić information content (AvgIpc) is 3.18. The molecule has 1 amide bonds. The van der Waals surface area contributed by atoms with Gasteiger partial charge in [0.05, 0.1) is 6.61 Å². The van der Waals surface area contributed by atoms with E-state index in [1.807, 2.05) is 18.2 Å². The normalized spacial score (nSPS) is 17.6. The molecular weight excluding hydrogens is 433 g/mol. The van der Waals surface area contributed by atoms with Crippen molar-refractivity contribution >= 4 is 36.4 Å². The highest BCUT2D eigenvalue weighted by Gasteiger charge is 2.36. The van der Waals surface area contributed by atoms with Crippen LogP contribution in [0.3, 0.4) is 0 Å². The van der Waals surface area contributed by atoms with E-state index < -0.39 is 0 Å². The van der Waals surface area contributed by atoms with Crippen LogP contribution >= 0.6 is 24.8 Å². The van der Waals surface area contributed by atoms with E-state index in [9.17, 15) is 4.79 Å². The second kappa shape index (κ2) is 11.7. The van der Waals surface area contributed by atoms with Crippen molar-refractivity contribution in [2.45, 2.75) is 25.3 Å². The van der Waals surface area contributed by atoms with Crippen molar-refractivity contribution in [3.8, 4) is 0 Å². The number of hydrogen-bond acceptors (Lipinski definition) is 4. The number of fused-ring (bicyclic) bond motifs is 1. The Labute approximate surface area is 197 Å². The number of ether oxygens (including phenoxy) is 1. The number of halogens is 2. The molecule has 2 N–H and O–H groups in total. The number of piperidine rings is 1. The zero-order chi connectivity index (χ0) is 20.1. The van der Waals surface area contributed by atoms with Crippen LogP contribution in [0.5, 0.6) is 0 Å². The summed E-state index contributed by atoms with van der Waals surface area (Å²) in [4.78, 5) is 15.8. The SMILES string of the molecule is COCC1(CNC(=O)C(c2ccccc2)N2CCc3ccccc32)CCNCC1.Cl.Cl. The van der Waals surface area contributed by atoms with Gasteiger partial charge in [-0.05, 0) is 49.5 Å². The molecule has 0 saturated carbocycles. The molecule has 170 valence electrons. The van der Waals surface area contributed by atoms with Crippen molar-refractivity contribution in [2.24, 2.45) is 5.41 Å². The summed E-state index contributed by atoms with van der Waals surface area (Å²) in [6, 6.07) is 18.2. The van der Waals surface area contributed by atoms with E-state index in [2.05, 4.69) is 51.9 Å². The summed E-state index contributed by atoms with van der Waals surface area (Å²) in [7, 11) is 1.75. The molecule has 2 heterocycles. The maximum Gasteiger partial charge on any atom is 0.247 e. The van der Waals surface area contributed by atoms with E-state index in [4.69, 9.17) is 4.74 Å². The summed E-state index contributed by atoms with van der Waals surface area (Å²) < 4.78 is 5.52. The van der Waals surface area contributed by atoms with Crippen molar-refractivity contribution in [3.63, 3.8) is 0 Å². The van der Waals surface area contributed by atoms with Crippen molar-refractivity contribution in [2.75, 3.05) is 44.8 Å². The largest absolute Gasteiger partial charge is 0.384 e. The van der Waals surface area contributed by atoms with Crippen LogP contribution in [0, 0.1) is 5.41 Å². The lowest BCUT2D eigenvalue weighted by Gasteiger charge is -2.38. The second-order valence-corrected chi connectivity index (χ2v) is 8.29. The Balaban J connectivity index is 0.00000171. The molecule has 1 atom stereocenters. The first-order chi connectivity index (χ1) is 14.2. The van der Waals surface area contributed by atoms with Gasteiger partial charge in [0.2, 0.25) is 5.91 Å². The number of nitrogens with one attached hydrogen (secondary N) is 2. The molecule has 1 unspecified atom stereocenters. The molecule has 2 aromatic carbocycles. The van der Waals surface area contributed by atoms with Crippen LogP contribution < -0.4 is 15.5 Å². The minimum atomic E-state index is -0.318. The van der Waals surface area contributed by atoms with Crippen molar-refractivity contribution in [1.29, 1.82) is 0 Å².